The van der Waals surface area contributed by atoms with Crippen LogP contribution in [0.4, 0.5) is 0 Å². The van der Waals surface area contributed by atoms with Crippen molar-refractivity contribution < 1.29 is 14.6 Å². The number of aliphatic hydroxyl groups excluding tert-OH is 1. The molecule has 0 saturated heterocycles. The summed E-state index contributed by atoms with van der Waals surface area (Å²) in [5.41, 5.74) is 1.61. The topological polar surface area (TPSA) is 46.5 Å². The summed E-state index contributed by atoms with van der Waals surface area (Å²) >= 11 is 3.12. The van der Waals surface area contributed by atoms with Crippen LogP contribution < -0.4 is 4.74 Å². The summed E-state index contributed by atoms with van der Waals surface area (Å²) in [6.45, 7) is 2.44. The van der Waals surface area contributed by atoms with Crippen molar-refractivity contribution in [2.24, 2.45) is 0 Å². The smallest absolute Gasteiger partial charge is 0.147 e. The third-order valence-electron chi connectivity index (χ3n) is 2.20. The predicted octanol–water partition coefficient (Wildman–Crippen LogP) is 2.08. The molecule has 1 aromatic rings. The highest BCUT2D eigenvalue weighted by atomic mass is 79.9. The van der Waals surface area contributed by atoms with Gasteiger partial charge in [0, 0.05) is 6.42 Å². The number of aliphatic hydroxyl groups is 1. The third-order valence-corrected chi connectivity index (χ3v) is 2.82. The van der Waals surface area contributed by atoms with Crippen molar-refractivity contribution in [3.8, 4) is 5.75 Å². The number of carbonyl (C=O) groups excluding carboxylic acids is 1. The van der Waals surface area contributed by atoms with Crippen molar-refractivity contribution >= 4 is 21.7 Å². The second-order valence-electron chi connectivity index (χ2n) is 3.37. The number of Topliss-reactive ketones (excluding diaryl/α,β-unsaturated/α-hetero) is 1. The molecule has 1 N–H and O–H groups in total. The van der Waals surface area contributed by atoms with E-state index in [-0.39, 0.29) is 12.4 Å². The Morgan fingerprint density at radius 2 is 2.19 bits per heavy atom. The van der Waals surface area contributed by atoms with Gasteiger partial charge in [0.05, 0.1) is 18.5 Å². The van der Waals surface area contributed by atoms with Crippen LogP contribution in [0, 0.1) is 0 Å². The maximum atomic E-state index is 11.3. The van der Waals surface area contributed by atoms with E-state index < -0.39 is 0 Å². The van der Waals surface area contributed by atoms with Crippen LogP contribution in [-0.4, -0.2) is 22.8 Å². The van der Waals surface area contributed by atoms with Crippen LogP contribution in [0.1, 0.15) is 18.1 Å². The van der Waals surface area contributed by atoms with Gasteiger partial charge in [-0.2, -0.15) is 0 Å². The van der Waals surface area contributed by atoms with Gasteiger partial charge in [0.2, 0.25) is 0 Å². The van der Waals surface area contributed by atoms with Gasteiger partial charge in [-0.3, -0.25) is 4.79 Å². The Labute approximate surface area is 104 Å². The van der Waals surface area contributed by atoms with Gasteiger partial charge < -0.3 is 9.84 Å². The molecule has 0 aliphatic heterocycles. The SMILES string of the molecule is CCOc1ccc(CO)c(CC(=O)CBr)c1. The first-order valence-corrected chi connectivity index (χ1v) is 6.26. The Hall–Kier alpha value is -0.870. The Kier molecular flexibility index (Phi) is 5.49. The van der Waals surface area contributed by atoms with Crippen LogP contribution in [0.25, 0.3) is 0 Å². The fraction of sp³-hybridized carbons (Fsp3) is 0.417. The van der Waals surface area contributed by atoms with E-state index in [9.17, 15) is 4.79 Å². The van der Waals surface area contributed by atoms with Crippen LogP contribution >= 0.6 is 15.9 Å². The molecule has 3 nitrogen and oxygen atoms in total. The fourth-order valence-electron chi connectivity index (χ4n) is 1.44. The Bertz CT molecular complexity index is 363. The molecular formula is C12H15BrO3. The van der Waals surface area contributed by atoms with E-state index in [4.69, 9.17) is 9.84 Å². The highest BCUT2D eigenvalue weighted by Gasteiger charge is 2.08. The van der Waals surface area contributed by atoms with Gasteiger partial charge in [-0.05, 0) is 30.2 Å². The number of carbonyl (C=O) groups is 1. The lowest BCUT2D eigenvalue weighted by molar-refractivity contribution is -0.115. The number of alkyl halides is 1. The molecule has 0 saturated carbocycles. The summed E-state index contributed by atoms with van der Waals surface area (Å²) in [7, 11) is 0. The third kappa shape index (κ3) is 3.61. The second kappa shape index (κ2) is 6.66. The molecule has 4 heteroatoms. The Balaban J connectivity index is 2.92. The Morgan fingerprint density at radius 3 is 2.75 bits per heavy atom. The maximum absolute atomic E-state index is 11.3. The summed E-state index contributed by atoms with van der Waals surface area (Å²) in [5, 5.41) is 9.49. The van der Waals surface area contributed by atoms with E-state index in [1.807, 2.05) is 13.0 Å². The van der Waals surface area contributed by atoms with Crippen LogP contribution in [0.2, 0.25) is 0 Å². The highest BCUT2D eigenvalue weighted by Crippen LogP contribution is 2.19. The van der Waals surface area contributed by atoms with Gasteiger partial charge in [-0.25, -0.2) is 0 Å². The largest absolute Gasteiger partial charge is 0.494 e. The van der Waals surface area contributed by atoms with Crippen LogP contribution in [0.5, 0.6) is 5.75 Å². The van der Waals surface area contributed by atoms with E-state index in [0.717, 1.165) is 16.9 Å². The molecule has 0 radical (unpaired) electrons. The normalized spacial score (nSPS) is 10.2. The van der Waals surface area contributed by atoms with E-state index in [0.29, 0.717) is 18.4 Å². The molecule has 0 aromatic heterocycles. The molecule has 0 aliphatic rings. The molecule has 0 atom stereocenters. The number of rotatable bonds is 6. The quantitative estimate of drug-likeness (QED) is 0.815. The molecule has 0 aliphatic carbocycles. The first kappa shape index (κ1) is 13.2. The molecule has 16 heavy (non-hydrogen) atoms. The minimum Gasteiger partial charge on any atom is -0.494 e. The second-order valence-corrected chi connectivity index (χ2v) is 3.93. The average molecular weight is 287 g/mol. The lowest BCUT2D eigenvalue weighted by Gasteiger charge is -2.09. The molecule has 1 rings (SSSR count). The summed E-state index contributed by atoms with van der Waals surface area (Å²) < 4.78 is 5.36. The van der Waals surface area contributed by atoms with Crippen LogP contribution in [0.3, 0.4) is 0 Å². The van der Waals surface area contributed by atoms with Crippen LogP contribution in [0.15, 0.2) is 18.2 Å². The van der Waals surface area contributed by atoms with E-state index >= 15 is 0 Å². The van der Waals surface area contributed by atoms with Gasteiger partial charge >= 0.3 is 0 Å². The van der Waals surface area contributed by atoms with Crippen molar-refractivity contribution in [3.05, 3.63) is 29.3 Å². The molecule has 0 fully saturated rings. The molecule has 0 unspecified atom stereocenters. The first-order chi connectivity index (χ1) is 7.71. The molecule has 88 valence electrons. The molecule has 0 bridgehead atoms. The summed E-state index contributed by atoms with van der Waals surface area (Å²) in [6, 6.07) is 5.41. The van der Waals surface area contributed by atoms with E-state index in [1.54, 1.807) is 12.1 Å². The van der Waals surface area contributed by atoms with Crippen molar-refractivity contribution in [2.45, 2.75) is 20.0 Å². The zero-order valence-corrected chi connectivity index (χ0v) is 10.8. The minimum atomic E-state index is -0.0582. The molecule has 0 spiro atoms. The number of ketones is 1. The molecule has 0 heterocycles. The molecule has 1 aromatic carbocycles. The maximum Gasteiger partial charge on any atom is 0.147 e. The van der Waals surface area contributed by atoms with Gasteiger partial charge in [-0.15, -0.1) is 0 Å². The summed E-state index contributed by atoms with van der Waals surface area (Å²) in [5.74, 6) is 0.820. The van der Waals surface area contributed by atoms with E-state index in [1.165, 1.54) is 0 Å². The number of halogens is 1. The fourth-order valence-corrected chi connectivity index (χ4v) is 1.64. The lowest BCUT2D eigenvalue weighted by Crippen LogP contribution is -2.06. The van der Waals surface area contributed by atoms with Crippen molar-refractivity contribution in [2.75, 3.05) is 11.9 Å². The zero-order valence-electron chi connectivity index (χ0n) is 9.20. The van der Waals surface area contributed by atoms with Crippen molar-refractivity contribution in [1.29, 1.82) is 0 Å². The summed E-state index contributed by atoms with van der Waals surface area (Å²) in [6.07, 6.45) is 0.321. The van der Waals surface area contributed by atoms with Gasteiger partial charge in [-0.1, -0.05) is 22.0 Å². The molecular weight excluding hydrogens is 272 g/mol. The van der Waals surface area contributed by atoms with E-state index in [2.05, 4.69) is 15.9 Å². The highest BCUT2D eigenvalue weighted by molar-refractivity contribution is 9.09. The van der Waals surface area contributed by atoms with Crippen molar-refractivity contribution in [3.63, 3.8) is 0 Å². The monoisotopic (exact) mass is 286 g/mol. The van der Waals surface area contributed by atoms with Gasteiger partial charge in [0.1, 0.15) is 11.5 Å². The van der Waals surface area contributed by atoms with Gasteiger partial charge in [0.15, 0.2) is 0 Å². The lowest BCUT2D eigenvalue weighted by atomic mass is 10.0. The Morgan fingerprint density at radius 1 is 1.44 bits per heavy atom. The van der Waals surface area contributed by atoms with Crippen molar-refractivity contribution in [1.82, 2.24) is 0 Å². The minimum absolute atomic E-state index is 0.0582. The number of hydrogen-bond donors (Lipinski definition) is 1. The summed E-state index contributed by atoms with van der Waals surface area (Å²) in [4.78, 5) is 11.3. The standard InChI is InChI=1S/C12H15BrO3/c1-2-16-12-4-3-9(8-14)10(6-12)5-11(15)7-13/h3-4,6,14H,2,5,7-8H2,1H3. The number of hydrogen-bond acceptors (Lipinski definition) is 3. The first-order valence-electron chi connectivity index (χ1n) is 5.14. The van der Waals surface area contributed by atoms with Crippen LogP contribution in [-0.2, 0) is 17.8 Å². The number of ether oxygens (including phenoxy) is 1. The average Bonchev–Trinajstić information content (AvgIpc) is 2.30. The number of benzene rings is 1. The molecule has 0 amide bonds. The predicted molar refractivity (Wildman–Crippen MR) is 66.0 cm³/mol. The van der Waals surface area contributed by atoms with Gasteiger partial charge in [0.25, 0.3) is 0 Å². The zero-order chi connectivity index (χ0) is 12.0.